The summed E-state index contributed by atoms with van der Waals surface area (Å²) in [4.78, 5) is 39.0. The monoisotopic (exact) mass is 375 g/mol. The molecule has 2 heterocycles. The summed E-state index contributed by atoms with van der Waals surface area (Å²) in [6.07, 6.45) is 0.438. The minimum atomic E-state index is -0.579. The van der Waals surface area contributed by atoms with Crippen molar-refractivity contribution in [3.05, 3.63) is 45.1 Å². The average molecular weight is 375 g/mol. The number of esters is 1. The van der Waals surface area contributed by atoms with Crippen molar-refractivity contribution < 1.29 is 19.1 Å². The van der Waals surface area contributed by atoms with Crippen molar-refractivity contribution in [2.75, 3.05) is 17.7 Å². The van der Waals surface area contributed by atoms with Crippen molar-refractivity contribution in [2.24, 2.45) is 0 Å². The second kappa shape index (κ2) is 7.41. The number of ether oxygens (including phenoxy) is 1. The molecule has 0 aliphatic carbocycles. The molecule has 2 aromatic rings. The minimum Gasteiger partial charge on any atom is -0.454 e. The van der Waals surface area contributed by atoms with Gasteiger partial charge in [-0.15, -0.1) is 23.1 Å². The van der Waals surface area contributed by atoms with Crippen LogP contribution in [0.3, 0.4) is 0 Å². The molecule has 1 amide bonds. The van der Waals surface area contributed by atoms with Gasteiger partial charge in [0.1, 0.15) is 0 Å². The van der Waals surface area contributed by atoms with E-state index in [2.05, 4.69) is 5.32 Å². The van der Waals surface area contributed by atoms with Gasteiger partial charge in [-0.2, -0.15) is 0 Å². The van der Waals surface area contributed by atoms with Crippen LogP contribution in [-0.2, 0) is 9.53 Å². The number of ketones is 1. The zero-order chi connectivity index (χ0) is 18.0. The highest BCUT2D eigenvalue weighted by Gasteiger charge is 2.18. The first-order valence-electron chi connectivity index (χ1n) is 7.78. The van der Waals surface area contributed by atoms with Gasteiger partial charge in [-0.1, -0.05) is 0 Å². The van der Waals surface area contributed by atoms with Crippen LogP contribution < -0.4 is 5.32 Å². The fraction of sp³-hybridized carbons (Fsp3) is 0.278. The Labute approximate surface area is 153 Å². The van der Waals surface area contributed by atoms with Gasteiger partial charge in [0.15, 0.2) is 6.61 Å². The number of fused-ring (bicyclic) bond motifs is 1. The molecule has 0 fully saturated rings. The number of Topliss-reactive ketones (excluding diaryl/α,β-unsaturated/α-hetero) is 1. The number of thiophene rings is 1. The second-order valence-corrected chi connectivity index (χ2v) is 8.28. The van der Waals surface area contributed by atoms with E-state index >= 15 is 0 Å². The highest BCUT2D eigenvalue weighted by Crippen LogP contribution is 2.31. The molecule has 3 rings (SSSR count). The molecule has 7 heteroatoms. The number of carbonyl (C=O) groups is 3. The lowest BCUT2D eigenvalue weighted by atomic mass is 10.1. The number of rotatable bonds is 4. The van der Waals surface area contributed by atoms with E-state index in [9.17, 15) is 14.4 Å². The van der Waals surface area contributed by atoms with Crippen LogP contribution in [0.25, 0.3) is 0 Å². The summed E-state index contributed by atoms with van der Waals surface area (Å²) in [5, 5.41) is 2.79. The molecule has 130 valence electrons. The second-order valence-electron chi connectivity index (χ2n) is 5.68. The van der Waals surface area contributed by atoms with Crippen LogP contribution in [-0.4, -0.2) is 30.0 Å². The first-order valence-corrected chi connectivity index (χ1v) is 9.58. The molecule has 0 unspecified atom stereocenters. The van der Waals surface area contributed by atoms with Gasteiger partial charge in [-0.05, 0) is 38.1 Å². The predicted molar refractivity (Wildman–Crippen MR) is 98.8 cm³/mol. The van der Waals surface area contributed by atoms with Crippen molar-refractivity contribution in [3.63, 3.8) is 0 Å². The van der Waals surface area contributed by atoms with Gasteiger partial charge >= 0.3 is 5.97 Å². The van der Waals surface area contributed by atoms with Gasteiger partial charge in [0, 0.05) is 32.4 Å². The number of thioether (sulfide) groups is 1. The lowest BCUT2D eigenvalue weighted by Crippen LogP contribution is -2.15. The maximum atomic E-state index is 12.2. The molecule has 1 aliphatic rings. The first kappa shape index (κ1) is 17.7. The number of carbonyl (C=O) groups excluding carboxylic acids is 3. The number of hydrogen-bond acceptors (Lipinski definition) is 6. The van der Waals surface area contributed by atoms with Crippen molar-refractivity contribution in [2.45, 2.75) is 25.2 Å². The molecule has 5 nitrogen and oxygen atoms in total. The summed E-state index contributed by atoms with van der Waals surface area (Å²) in [5.41, 5.74) is 1.52. The Kier molecular flexibility index (Phi) is 5.24. The highest BCUT2D eigenvalue weighted by atomic mass is 32.2. The van der Waals surface area contributed by atoms with E-state index in [1.807, 2.05) is 19.9 Å². The normalized spacial score (nSPS) is 13.6. The number of benzene rings is 1. The largest absolute Gasteiger partial charge is 0.454 e. The van der Waals surface area contributed by atoms with Gasteiger partial charge in [-0.25, -0.2) is 4.79 Å². The summed E-state index contributed by atoms with van der Waals surface area (Å²) in [5.74, 6) is -0.162. The van der Waals surface area contributed by atoms with E-state index in [0.717, 1.165) is 14.6 Å². The van der Waals surface area contributed by atoms with Crippen molar-refractivity contribution >= 4 is 46.4 Å². The molecular weight excluding hydrogens is 358 g/mol. The topological polar surface area (TPSA) is 72.5 Å². The molecule has 0 bridgehead atoms. The summed E-state index contributed by atoms with van der Waals surface area (Å²) in [6.45, 7) is 3.51. The third-order valence-electron chi connectivity index (χ3n) is 3.75. The van der Waals surface area contributed by atoms with Gasteiger partial charge < -0.3 is 10.1 Å². The number of nitrogens with one attached hydrogen (secondary N) is 1. The van der Waals surface area contributed by atoms with Crippen LogP contribution in [0, 0.1) is 13.8 Å². The number of amides is 1. The van der Waals surface area contributed by atoms with Gasteiger partial charge in [0.25, 0.3) is 0 Å². The third-order valence-corrected chi connectivity index (χ3v) is 5.79. The van der Waals surface area contributed by atoms with Crippen LogP contribution in [0.15, 0.2) is 29.2 Å². The Balaban J connectivity index is 1.68. The fourth-order valence-corrected chi connectivity index (χ4v) is 4.43. The Morgan fingerprint density at radius 2 is 2.04 bits per heavy atom. The number of anilines is 1. The Hall–Kier alpha value is -2.12. The van der Waals surface area contributed by atoms with E-state index in [-0.39, 0.29) is 18.3 Å². The molecule has 1 aromatic carbocycles. The minimum absolute atomic E-state index is 0.0738. The van der Waals surface area contributed by atoms with Crippen molar-refractivity contribution in [1.29, 1.82) is 0 Å². The highest BCUT2D eigenvalue weighted by molar-refractivity contribution is 7.99. The number of aryl methyl sites for hydroxylation is 2. The average Bonchev–Trinajstić information content (AvgIpc) is 2.80. The Morgan fingerprint density at radius 3 is 2.76 bits per heavy atom. The number of hydrogen-bond donors (Lipinski definition) is 1. The van der Waals surface area contributed by atoms with Crippen LogP contribution in [0.4, 0.5) is 5.69 Å². The van der Waals surface area contributed by atoms with Gasteiger partial charge in [-0.3, -0.25) is 9.59 Å². The summed E-state index contributed by atoms with van der Waals surface area (Å²) >= 11 is 3.11. The van der Waals surface area contributed by atoms with E-state index in [4.69, 9.17) is 4.74 Å². The molecule has 0 radical (unpaired) electrons. The predicted octanol–water partition coefficient (Wildman–Crippen LogP) is 3.84. The molecule has 25 heavy (non-hydrogen) atoms. The SMILES string of the molecule is Cc1cc(C(=O)COC(=O)c2ccc3c(c2)NC(=O)CCS3)c(C)s1. The van der Waals surface area contributed by atoms with Crippen LogP contribution in [0.5, 0.6) is 0 Å². The van der Waals surface area contributed by atoms with Gasteiger partial charge in [0.05, 0.1) is 11.3 Å². The van der Waals surface area contributed by atoms with Crippen molar-refractivity contribution in [1.82, 2.24) is 0 Å². The summed E-state index contributed by atoms with van der Waals surface area (Å²) in [6, 6.07) is 6.84. The zero-order valence-electron chi connectivity index (χ0n) is 13.9. The maximum Gasteiger partial charge on any atom is 0.338 e. The third kappa shape index (κ3) is 4.11. The van der Waals surface area contributed by atoms with Crippen LogP contribution in [0.2, 0.25) is 0 Å². The van der Waals surface area contributed by atoms with E-state index < -0.39 is 5.97 Å². The quantitative estimate of drug-likeness (QED) is 0.649. The Morgan fingerprint density at radius 1 is 1.24 bits per heavy atom. The van der Waals surface area contributed by atoms with Crippen LogP contribution >= 0.6 is 23.1 Å². The molecule has 0 saturated carbocycles. The smallest absolute Gasteiger partial charge is 0.338 e. The molecule has 0 saturated heterocycles. The van der Waals surface area contributed by atoms with E-state index in [1.54, 1.807) is 41.3 Å². The molecular formula is C18H17NO4S2. The van der Waals surface area contributed by atoms with E-state index in [0.29, 0.717) is 29.0 Å². The van der Waals surface area contributed by atoms with Crippen molar-refractivity contribution in [3.8, 4) is 0 Å². The summed E-state index contributed by atoms with van der Waals surface area (Å²) < 4.78 is 5.15. The molecule has 1 aliphatic heterocycles. The lowest BCUT2D eigenvalue weighted by molar-refractivity contribution is -0.115. The lowest BCUT2D eigenvalue weighted by Gasteiger charge is -2.09. The van der Waals surface area contributed by atoms with Gasteiger partial charge in [0.2, 0.25) is 11.7 Å². The summed E-state index contributed by atoms with van der Waals surface area (Å²) in [7, 11) is 0. The van der Waals surface area contributed by atoms with Crippen LogP contribution in [0.1, 0.15) is 36.9 Å². The molecule has 0 atom stereocenters. The standard InChI is InChI=1S/C18H17NO4S2/c1-10-7-13(11(2)25-10)15(20)9-23-18(22)12-3-4-16-14(8-12)19-17(21)5-6-24-16/h3-4,7-8H,5-6,9H2,1-2H3,(H,19,21). The van der Waals surface area contributed by atoms with E-state index in [1.165, 1.54) is 0 Å². The molecule has 1 aromatic heterocycles. The molecule has 0 spiro atoms. The maximum absolute atomic E-state index is 12.2. The Bertz CT molecular complexity index is 857. The molecule has 1 N–H and O–H groups in total. The first-order chi connectivity index (χ1) is 11.9. The fourth-order valence-electron chi connectivity index (χ4n) is 2.55. The zero-order valence-corrected chi connectivity index (χ0v) is 15.5.